The maximum absolute atomic E-state index is 12.9. The number of nitrogens with one attached hydrogen (secondary N) is 1. The van der Waals surface area contributed by atoms with Gasteiger partial charge in [0.15, 0.2) is 0 Å². The number of benzene rings is 1. The highest BCUT2D eigenvalue weighted by atomic mass is 35.5. The van der Waals surface area contributed by atoms with Crippen LogP contribution in [0.1, 0.15) is 26.4 Å². The van der Waals surface area contributed by atoms with Crippen molar-refractivity contribution in [3.8, 4) is 22.5 Å². The molecule has 6 rings (SSSR count). The van der Waals surface area contributed by atoms with Crippen LogP contribution >= 0.6 is 24.8 Å². The van der Waals surface area contributed by atoms with Crippen molar-refractivity contribution in [3.05, 3.63) is 109 Å². The van der Waals surface area contributed by atoms with E-state index in [2.05, 4.69) is 24.9 Å². The van der Waals surface area contributed by atoms with E-state index in [1.54, 1.807) is 53.6 Å². The Hall–Kier alpha value is -4.41. The van der Waals surface area contributed by atoms with Gasteiger partial charge in [-0.2, -0.15) is 4.39 Å². The number of nitrogens with zero attached hydrogens (tertiary/aromatic N) is 6. The number of aromatic nitrogens is 6. The van der Waals surface area contributed by atoms with E-state index >= 15 is 0 Å². The van der Waals surface area contributed by atoms with Crippen molar-refractivity contribution in [2.45, 2.75) is 13.6 Å². The number of hydrogen-bond donors (Lipinski definition) is 1. The Kier molecular flexibility index (Phi) is 9.06. The first-order valence-corrected chi connectivity index (χ1v) is 11.0. The fourth-order valence-corrected chi connectivity index (χ4v) is 3.69. The number of pyridine rings is 2. The summed E-state index contributed by atoms with van der Waals surface area (Å²) in [5.74, 6) is -1.21. The van der Waals surface area contributed by atoms with Gasteiger partial charge in [0.1, 0.15) is 6.67 Å². The van der Waals surface area contributed by atoms with Gasteiger partial charge in [0.2, 0.25) is 5.95 Å². The summed E-state index contributed by atoms with van der Waals surface area (Å²) in [6.07, 6.45) is 9.86. The van der Waals surface area contributed by atoms with Crippen molar-refractivity contribution in [2.24, 2.45) is 0 Å². The molecule has 0 aliphatic carbocycles. The summed E-state index contributed by atoms with van der Waals surface area (Å²) in [5.41, 5.74) is 5.15. The molecule has 0 saturated carbocycles. The first-order valence-electron chi connectivity index (χ1n) is 11.0. The number of halogens is 3. The summed E-state index contributed by atoms with van der Waals surface area (Å²) in [6.45, 7) is 2.03. The van der Waals surface area contributed by atoms with E-state index in [4.69, 9.17) is 0 Å². The molecule has 0 fully saturated rings. The number of aromatic amines is 1. The number of aryl methyl sites for hydroxylation is 1. The average molecular weight is 554 g/mol. The summed E-state index contributed by atoms with van der Waals surface area (Å²) >= 11 is 0. The summed E-state index contributed by atoms with van der Waals surface area (Å²) < 4.78 is 14.5. The lowest BCUT2D eigenvalue weighted by atomic mass is 10.1. The zero-order chi connectivity index (χ0) is 25.1. The van der Waals surface area contributed by atoms with E-state index in [9.17, 15) is 14.0 Å². The molecular formula is C26H22Cl2FN7O2. The van der Waals surface area contributed by atoms with Crippen molar-refractivity contribution < 1.29 is 14.0 Å². The number of hydrogen-bond acceptors (Lipinski definition) is 6. The third kappa shape index (κ3) is 5.93. The third-order valence-corrected chi connectivity index (χ3v) is 5.56. The largest absolute Gasteiger partial charge is 0.345 e. The van der Waals surface area contributed by atoms with E-state index < -0.39 is 5.95 Å². The number of imide groups is 1. The highest BCUT2D eigenvalue weighted by Gasteiger charge is 2.35. The van der Waals surface area contributed by atoms with Gasteiger partial charge in [-0.1, -0.05) is 12.1 Å². The molecule has 194 valence electrons. The van der Waals surface area contributed by atoms with Gasteiger partial charge >= 0.3 is 0 Å². The minimum Gasteiger partial charge on any atom is -0.345 e. The molecule has 5 heterocycles. The zero-order valence-electron chi connectivity index (χ0n) is 20.0. The Balaban J connectivity index is 0.000000243. The van der Waals surface area contributed by atoms with Crippen molar-refractivity contribution in [2.75, 3.05) is 0 Å². The van der Waals surface area contributed by atoms with Gasteiger partial charge in [0.25, 0.3) is 11.8 Å². The number of carbonyl (C=O) groups is 2. The van der Waals surface area contributed by atoms with Crippen LogP contribution in [0.4, 0.5) is 4.39 Å². The summed E-state index contributed by atoms with van der Waals surface area (Å²) in [4.78, 5) is 44.8. The number of rotatable bonds is 4. The molecule has 0 unspecified atom stereocenters. The molecule has 4 aromatic heterocycles. The van der Waals surface area contributed by atoms with E-state index in [-0.39, 0.29) is 43.3 Å². The van der Waals surface area contributed by atoms with E-state index in [0.29, 0.717) is 22.4 Å². The van der Waals surface area contributed by atoms with Crippen LogP contribution in [-0.2, 0) is 6.67 Å². The third-order valence-electron chi connectivity index (χ3n) is 5.56. The fraction of sp³-hybridized carbons (Fsp3) is 0.0769. The van der Waals surface area contributed by atoms with Gasteiger partial charge in [-0.25, -0.2) is 15.0 Å². The first kappa shape index (κ1) is 28.2. The average Bonchev–Trinajstić information content (AvgIpc) is 3.65. The van der Waals surface area contributed by atoms with Gasteiger partial charge in [0, 0.05) is 35.4 Å². The Morgan fingerprint density at radius 1 is 0.842 bits per heavy atom. The lowest BCUT2D eigenvalue weighted by Gasteiger charge is -2.13. The molecule has 0 bridgehead atoms. The monoisotopic (exact) mass is 553 g/mol. The summed E-state index contributed by atoms with van der Waals surface area (Å²) in [5, 5.41) is 0. The molecule has 2 amide bonds. The molecule has 1 aromatic carbocycles. The van der Waals surface area contributed by atoms with E-state index in [0.717, 1.165) is 17.0 Å². The second-order valence-corrected chi connectivity index (χ2v) is 8.02. The van der Waals surface area contributed by atoms with E-state index in [1.165, 1.54) is 23.5 Å². The van der Waals surface area contributed by atoms with Crippen LogP contribution in [0.15, 0.2) is 86.0 Å². The number of H-pyrrole nitrogens is 1. The standard InChI is InChI=1S/C17H11FN4O2.C9H9N3.2ClH/c18-15-6-5-11(7-19-15)14-8-21(9-20-14)10-22-16(23)12-3-1-2-4-13(12)17(22)24;1-7-2-3-8(4-11-7)9-5-10-6-12-9;;/h1-9H,10H2;2-6H,1H3,(H,10,12);2*1H. The van der Waals surface area contributed by atoms with Crippen LogP contribution < -0.4 is 0 Å². The highest BCUT2D eigenvalue weighted by molar-refractivity contribution is 6.21. The SMILES string of the molecule is Cc1ccc(-c2cnc[nH]2)cn1.Cl.Cl.O=C1c2ccccc2C(=O)N1Cn1cnc(-c2ccc(F)nc2)c1. The van der Waals surface area contributed by atoms with Crippen molar-refractivity contribution in [1.82, 2.24) is 34.4 Å². The van der Waals surface area contributed by atoms with Gasteiger partial charge < -0.3 is 9.55 Å². The molecular weight excluding hydrogens is 532 g/mol. The molecule has 0 radical (unpaired) electrons. The predicted octanol–water partition coefficient (Wildman–Crippen LogP) is 4.96. The lowest BCUT2D eigenvalue weighted by Crippen LogP contribution is -2.31. The van der Waals surface area contributed by atoms with Crippen LogP contribution in [0.3, 0.4) is 0 Å². The summed E-state index contributed by atoms with van der Waals surface area (Å²) in [7, 11) is 0. The molecule has 1 N–H and O–H groups in total. The molecule has 1 aliphatic rings. The normalized spacial score (nSPS) is 11.7. The smallest absolute Gasteiger partial charge is 0.263 e. The Bertz CT molecular complexity index is 1490. The molecule has 0 atom stereocenters. The first-order chi connectivity index (χ1) is 17.5. The second kappa shape index (κ2) is 12.2. The highest BCUT2D eigenvalue weighted by Crippen LogP contribution is 2.23. The van der Waals surface area contributed by atoms with Crippen LogP contribution in [0.5, 0.6) is 0 Å². The van der Waals surface area contributed by atoms with Crippen LogP contribution in [-0.4, -0.2) is 46.2 Å². The molecule has 38 heavy (non-hydrogen) atoms. The van der Waals surface area contributed by atoms with Gasteiger partial charge in [0.05, 0.1) is 41.4 Å². The van der Waals surface area contributed by atoms with Gasteiger partial charge in [-0.3, -0.25) is 19.5 Å². The Morgan fingerprint density at radius 2 is 1.53 bits per heavy atom. The topological polar surface area (TPSA) is 110 Å². The van der Waals surface area contributed by atoms with Crippen molar-refractivity contribution >= 4 is 36.6 Å². The van der Waals surface area contributed by atoms with Crippen LogP contribution in [0.25, 0.3) is 22.5 Å². The molecule has 0 spiro atoms. The number of amides is 2. The zero-order valence-corrected chi connectivity index (χ0v) is 21.6. The minimum absolute atomic E-state index is 0. The second-order valence-electron chi connectivity index (χ2n) is 8.02. The Morgan fingerprint density at radius 3 is 2.11 bits per heavy atom. The quantitative estimate of drug-likeness (QED) is 0.249. The predicted molar refractivity (Wildman–Crippen MR) is 143 cm³/mol. The molecule has 9 nitrogen and oxygen atoms in total. The number of carbonyl (C=O) groups excluding carboxylic acids is 2. The maximum atomic E-state index is 12.9. The van der Waals surface area contributed by atoms with Gasteiger partial charge in [-0.15, -0.1) is 24.8 Å². The van der Waals surface area contributed by atoms with Crippen LogP contribution in [0.2, 0.25) is 0 Å². The molecule has 0 saturated heterocycles. The fourth-order valence-electron chi connectivity index (χ4n) is 3.69. The van der Waals surface area contributed by atoms with Gasteiger partial charge in [-0.05, 0) is 43.3 Å². The summed E-state index contributed by atoms with van der Waals surface area (Å²) in [6, 6.07) is 13.6. The maximum Gasteiger partial charge on any atom is 0.263 e. The number of imidazole rings is 2. The number of fused-ring (bicyclic) bond motifs is 1. The van der Waals surface area contributed by atoms with Crippen LogP contribution in [0, 0.1) is 12.9 Å². The molecule has 5 aromatic rings. The molecule has 1 aliphatic heterocycles. The molecule has 12 heteroatoms. The lowest BCUT2D eigenvalue weighted by molar-refractivity contribution is 0.0606. The van der Waals surface area contributed by atoms with Crippen molar-refractivity contribution in [3.63, 3.8) is 0 Å². The van der Waals surface area contributed by atoms with Crippen molar-refractivity contribution in [1.29, 1.82) is 0 Å². The Labute approximate surface area is 229 Å². The minimum atomic E-state index is -0.566. The van der Waals surface area contributed by atoms with E-state index in [1.807, 2.05) is 25.3 Å².